The molecule has 0 radical (unpaired) electrons. The minimum atomic E-state index is -4.52. The number of ether oxygens (including phenoxy) is 1. The largest absolute Gasteiger partial charge is 0.438 e. The molecular weight excluding hydrogens is 326 g/mol. The van der Waals surface area contributed by atoms with Gasteiger partial charge in [-0.25, -0.2) is 4.98 Å². The standard InChI is InChI=1S/C14H10Cl2F3NO/c1-7-3-10(15)4-8(2)13(7)21-12-6-9(14(17,18)19)5-11(16)20-12/h3-6H,1-2H3. The molecule has 0 unspecified atom stereocenters. The van der Waals surface area contributed by atoms with Crippen LogP contribution in [0.3, 0.4) is 0 Å². The number of aryl methyl sites for hydroxylation is 2. The Balaban J connectivity index is 2.43. The molecule has 1 heterocycles. The van der Waals surface area contributed by atoms with Crippen molar-refractivity contribution in [1.82, 2.24) is 4.98 Å². The van der Waals surface area contributed by atoms with Gasteiger partial charge < -0.3 is 4.74 Å². The average molecular weight is 336 g/mol. The molecule has 0 aliphatic carbocycles. The van der Waals surface area contributed by atoms with E-state index in [-0.39, 0.29) is 11.0 Å². The van der Waals surface area contributed by atoms with Crippen molar-refractivity contribution in [3.8, 4) is 11.6 Å². The van der Waals surface area contributed by atoms with Crippen molar-refractivity contribution >= 4 is 23.2 Å². The molecule has 7 heteroatoms. The van der Waals surface area contributed by atoms with E-state index in [1.807, 2.05) is 0 Å². The van der Waals surface area contributed by atoms with Crippen LogP contribution in [-0.4, -0.2) is 4.98 Å². The third kappa shape index (κ3) is 3.80. The first-order chi connectivity index (χ1) is 9.66. The molecule has 0 N–H and O–H groups in total. The van der Waals surface area contributed by atoms with Crippen molar-refractivity contribution in [3.63, 3.8) is 0 Å². The Morgan fingerprint density at radius 2 is 1.57 bits per heavy atom. The predicted molar refractivity (Wildman–Crippen MR) is 75.2 cm³/mol. The lowest BCUT2D eigenvalue weighted by atomic mass is 10.1. The van der Waals surface area contributed by atoms with E-state index in [4.69, 9.17) is 27.9 Å². The average Bonchev–Trinajstić information content (AvgIpc) is 2.32. The molecule has 0 bridgehead atoms. The van der Waals surface area contributed by atoms with Gasteiger partial charge in [-0.2, -0.15) is 13.2 Å². The minimum absolute atomic E-state index is 0.219. The van der Waals surface area contributed by atoms with Crippen LogP contribution in [0, 0.1) is 13.8 Å². The Morgan fingerprint density at radius 3 is 2.10 bits per heavy atom. The Morgan fingerprint density at radius 1 is 1.00 bits per heavy atom. The van der Waals surface area contributed by atoms with Crippen molar-refractivity contribution in [1.29, 1.82) is 0 Å². The van der Waals surface area contributed by atoms with Crippen LogP contribution in [0.5, 0.6) is 11.6 Å². The van der Waals surface area contributed by atoms with Gasteiger partial charge >= 0.3 is 6.18 Å². The van der Waals surface area contributed by atoms with Crippen molar-refractivity contribution in [3.05, 3.63) is 51.1 Å². The summed E-state index contributed by atoms with van der Waals surface area (Å²) in [6.07, 6.45) is -4.52. The zero-order valence-corrected chi connectivity index (χ0v) is 12.6. The van der Waals surface area contributed by atoms with Gasteiger partial charge in [-0.15, -0.1) is 0 Å². The number of rotatable bonds is 2. The van der Waals surface area contributed by atoms with Crippen molar-refractivity contribution in [2.24, 2.45) is 0 Å². The predicted octanol–water partition coefficient (Wildman–Crippen LogP) is 5.82. The zero-order valence-electron chi connectivity index (χ0n) is 11.1. The lowest BCUT2D eigenvalue weighted by Gasteiger charge is -2.13. The lowest BCUT2D eigenvalue weighted by molar-refractivity contribution is -0.137. The maximum absolute atomic E-state index is 12.7. The molecule has 112 valence electrons. The summed E-state index contributed by atoms with van der Waals surface area (Å²) in [5.41, 5.74) is 0.465. The monoisotopic (exact) mass is 335 g/mol. The molecular formula is C14H10Cl2F3NO. The van der Waals surface area contributed by atoms with Crippen LogP contribution in [0.25, 0.3) is 0 Å². The Kier molecular flexibility index (Phi) is 4.35. The first-order valence-corrected chi connectivity index (χ1v) is 6.62. The van der Waals surface area contributed by atoms with Crippen LogP contribution in [0.15, 0.2) is 24.3 Å². The van der Waals surface area contributed by atoms with Crippen LogP contribution in [0.2, 0.25) is 10.2 Å². The second-order valence-electron chi connectivity index (χ2n) is 4.49. The van der Waals surface area contributed by atoms with Crippen LogP contribution >= 0.6 is 23.2 Å². The third-order valence-corrected chi connectivity index (χ3v) is 3.14. The smallest absolute Gasteiger partial charge is 0.416 e. The van der Waals surface area contributed by atoms with Gasteiger partial charge in [0.1, 0.15) is 10.9 Å². The molecule has 0 atom stereocenters. The number of aromatic nitrogens is 1. The summed E-state index contributed by atoms with van der Waals surface area (Å²) < 4.78 is 43.7. The third-order valence-electron chi connectivity index (χ3n) is 2.73. The van der Waals surface area contributed by atoms with E-state index >= 15 is 0 Å². The molecule has 0 aliphatic rings. The number of hydrogen-bond acceptors (Lipinski definition) is 2. The van der Waals surface area contributed by atoms with Gasteiger partial charge in [0.2, 0.25) is 5.88 Å². The van der Waals surface area contributed by atoms with E-state index in [1.54, 1.807) is 26.0 Å². The number of hydrogen-bond donors (Lipinski definition) is 0. The maximum Gasteiger partial charge on any atom is 0.416 e. The molecule has 2 aromatic rings. The molecule has 0 fully saturated rings. The number of halogens is 5. The fourth-order valence-corrected chi connectivity index (χ4v) is 2.38. The maximum atomic E-state index is 12.7. The lowest BCUT2D eigenvalue weighted by Crippen LogP contribution is -2.06. The molecule has 0 amide bonds. The molecule has 0 saturated carbocycles. The zero-order chi connectivity index (χ0) is 15.8. The molecule has 1 aromatic heterocycles. The highest BCUT2D eigenvalue weighted by atomic mass is 35.5. The van der Waals surface area contributed by atoms with E-state index in [9.17, 15) is 13.2 Å². The van der Waals surface area contributed by atoms with E-state index < -0.39 is 11.7 Å². The topological polar surface area (TPSA) is 22.1 Å². The molecule has 0 saturated heterocycles. The van der Waals surface area contributed by atoms with E-state index in [2.05, 4.69) is 4.98 Å². The van der Waals surface area contributed by atoms with E-state index in [0.717, 1.165) is 12.1 Å². The highest BCUT2D eigenvalue weighted by molar-refractivity contribution is 6.30. The first kappa shape index (κ1) is 15.9. The number of nitrogens with zero attached hydrogens (tertiary/aromatic N) is 1. The van der Waals surface area contributed by atoms with Gasteiger partial charge in [0, 0.05) is 11.1 Å². The summed E-state index contributed by atoms with van der Waals surface area (Å²) in [4.78, 5) is 3.76. The van der Waals surface area contributed by atoms with Crippen LogP contribution in [-0.2, 0) is 6.18 Å². The van der Waals surface area contributed by atoms with Gasteiger partial charge in [0.05, 0.1) is 5.56 Å². The van der Waals surface area contributed by atoms with E-state index in [0.29, 0.717) is 21.9 Å². The summed E-state index contributed by atoms with van der Waals surface area (Å²) >= 11 is 11.5. The fraction of sp³-hybridized carbons (Fsp3) is 0.214. The van der Waals surface area contributed by atoms with Crippen molar-refractivity contribution < 1.29 is 17.9 Å². The van der Waals surface area contributed by atoms with Gasteiger partial charge in [0.25, 0.3) is 0 Å². The van der Waals surface area contributed by atoms with Gasteiger partial charge in [-0.05, 0) is 43.2 Å². The summed E-state index contributed by atoms with van der Waals surface area (Å²) in [5, 5.41) is 0.233. The van der Waals surface area contributed by atoms with Gasteiger partial charge in [0.15, 0.2) is 0 Å². The fourth-order valence-electron chi connectivity index (χ4n) is 1.85. The van der Waals surface area contributed by atoms with E-state index in [1.165, 1.54) is 0 Å². The van der Waals surface area contributed by atoms with Crippen LogP contribution in [0.1, 0.15) is 16.7 Å². The second kappa shape index (κ2) is 5.73. The van der Waals surface area contributed by atoms with Crippen molar-refractivity contribution in [2.75, 3.05) is 0 Å². The number of alkyl halides is 3. The number of pyridine rings is 1. The SMILES string of the molecule is Cc1cc(Cl)cc(C)c1Oc1cc(C(F)(F)F)cc(Cl)n1. The Bertz CT molecular complexity index is 663. The van der Waals surface area contributed by atoms with Crippen LogP contribution in [0.4, 0.5) is 13.2 Å². The minimum Gasteiger partial charge on any atom is -0.438 e. The summed E-state index contributed by atoms with van der Waals surface area (Å²) in [6.45, 7) is 3.48. The van der Waals surface area contributed by atoms with Gasteiger partial charge in [-0.3, -0.25) is 0 Å². The molecule has 0 spiro atoms. The highest BCUT2D eigenvalue weighted by Crippen LogP contribution is 2.35. The highest BCUT2D eigenvalue weighted by Gasteiger charge is 2.32. The summed E-state index contributed by atoms with van der Waals surface area (Å²) in [6, 6.07) is 4.85. The summed E-state index contributed by atoms with van der Waals surface area (Å²) in [7, 11) is 0. The Labute approximate surface area is 129 Å². The van der Waals surface area contributed by atoms with Gasteiger partial charge in [-0.1, -0.05) is 23.2 Å². The van der Waals surface area contributed by atoms with Crippen molar-refractivity contribution in [2.45, 2.75) is 20.0 Å². The molecule has 1 aromatic carbocycles. The second-order valence-corrected chi connectivity index (χ2v) is 5.31. The van der Waals surface area contributed by atoms with Crippen LogP contribution < -0.4 is 4.74 Å². The quantitative estimate of drug-likeness (QED) is 0.645. The first-order valence-electron chi connectivity index (χ1n) is 5.86. The molecule has 2 nitrogen and oxygen atoms in total. The molecule has 2 rings (SSSR count). The Hall–Kier alpha value is -1.46. The summed E-state index contributed by atoms with van der Waals surface area (Å²) in [5.74, 6) is 0.186. The molecule has 0 aliphatic heterocycles. The number of benzene rings is 1. The molecule has 21 heavy (non-hydrogen) atoms. The normalized spacial score (nSPS) is 11.6.